The van der Waals surface area contributed by atoms with E-state index in [1.165, 1.54) is 19.1 Å². The molecule has 0 spiro atoms. The van der Waals surface area contributed by atoms with Gasteiger partial charge in [-0.1, -0.05) is 24.3 Å². The second kappa shape index (κ2) is 6.23. The first kappa shape index (κ1) is 15.9. The summed E-state index contributed by atoms with van der Waals surface area (Å²) >= 11 is 0. The molecule has 122 valence electrons. The Morgan fingerprint density at radius 1 is 1.04 bits per heavy atom. The van der Waals surface area contributed by atoms with Crippen molar-refractivity contribution in [2.75, 3.05) is 0 Å². The number of fused-ring (bicyclic) bond motifs is 1. The number of hydrogen-bond donors (Lipinski definition) is 1. The van der Waals surface area contributed by atoms with Crippen molar-refractivity contribution >= 4 is 17.7 Å². The van der Waals surface area contributed by atoms with Gasteiger partial charge in [0.25, 0.3) is 11.8 Å². The molecular weight excluding hydrogens is 311 g/mol. The van der Waals surface area contributed by atoms with Gasteiger partial charge in [-0.05, 0) is 36.8 Å². The molecule has 1 unspecified atom stereocenters. The van der Waals surface area contributed by atoms with E-state index in [1.807, 2.05) is 0 Å². The SMILES string of the molecule is CC(C(=O)NCc1ccc(F)cc1)N1C(=O)c2ccccc2C1=O. The number of benzene rings is 2. The van der Waals surface area contributed by atoms with Gasteiger partial charge in [0.2, 0.25) is 5.91 Å². The van der Waals surface area contributed by atoms with Crippen molar-refractivity contribution in [1.82, 2.24) is 10.2 Å². The van der Waals surface area contributed by atoms with Gasteiger partial charge >= 0.3 is 0 Å². The minimum atomic E-state index is -0.933. The summed E-state index contributed by atoms with van der Waals surface area (Å²) in [5.74, 6) is -1.75. The molecular formula is C18H15FN2O3. The Bertz CT molecular complexity index is 782. The maximum Gasteiger partial charge on any atom is 0.262 e. The number of halogens is 1. The van der Waals surface area contributed by atoms with Crippen molar-refractivity contribution < 1.29 is 18.8 Å². The van der Waals surface area contributed by atoms with Crippen LogP contribution in [0.3, 0.4) is 0 Å². The van der Waals surface area contributed by atoms with Crippen LogP contribution in [0.25, 0.3) is 0 Å². The van der Waals surface area contributed by atoms with Gasteiger partial charge in [-0.15, -0.1) is 0 Å². The number of amides is 3. The Morgan fingerprint density at radius 3 is 2.12 bits per heavy atom. The van der Waals surface area contributed by atoms with Crippen LogP contribution in [0.1, 0.15) is 33.2 Å². The minimum Gasteiger partial charge on any atom is -0.350 e. The second-order valence-electron chi connectivity index (χ2n) is 5.55. The molecule has 0 fully saturated rings. The van der Waals surface area contributed by atoms with Crippen LogP contribution in [0.5, 0.6) is 0 Å². The molecule has 0 radical (unpaired) electrons. The van der Waals surface area contributed by atoms with E-state index in [-0.39, 0.29) is 12.4 Å². The van der Waals surface area contributed by atoms with Crippen LogP contribution in [-0.2, 0) is 11.3 Å². The molecule has 2 aromatic rings. The fourth-order valence-corrected chi connectivity index (χ4v) is 2.62. The zero-order chi connectivity index (χ0) is 17.3. The number of imide groups is 1. The van der Waals surface area contributed by atoms with Crippen LogP contribution >= 0.6 is 0 Å². The first-order chi connectivity index (χ1) is 11.5. The Balaban J connectivity index is 1.69. The number of nitrogens with zero attached hydrogens (tertiary/aromatic N) is 1. The van der Waals surface area contributed by atoms with Gasteiger partial charge in [0.05, 0.1) is 11.1 Å². The van der Waals surface area contributed by atoms with Crippen molar-refractivity contribution in [2.45, 2.75) is 19.5 Å². The Morgan fingerprint density at radius 2 is 1.58 bits per heavy atom. The summed E-state index contributed by atoms with van der Waals surface area (Å²) in [6, 6.07) is 11.3. The summed E-state index contributed by atoms with van der Waals surface area (Å²) in [6.07, 6.45) is 0. The Labute approximate surface area is 138 Å². The quantitative estimate of drug-likeness (QED) is 0.875. The summed E-state index contributed by atoms with van der Waals surface area (Å²) in [6.45, 7) is 1.69. The summed E-state index contributed by atoms with van der Waals surface area (Å²) in [7, 11) is 0. The van der Waals surface area contributed by atoms with Crippen molar-refractivity contribution in [3.8, 4) is 0 Å². The van der Waals surface area contributed by atoms with Crippen LogP contribution in [0.4, 0.5) is 4.39 Å². The standard InChI is InChI=1S/C18H15FN2O3/c1-11(16(22)20-10-12-6-8-13(19)9-7-12)21-17(23)14-4-2-3-5-15(14)18(21)24/h2-9,11H,10H2,1H3,(H,20,22). The third-order valence-electron chi connectivity index (χ3n) is 3.97. The second-order valence-corrected chi connectivity index (χ2v) is 5.55. The molecule has 24 heavy (non-hydrogen) atoms. The van der Waals surface area contributed by atoms with Crippen LogP contribution in [0.15, 0.2) is 48.5 Å². The normalized spacial score (nSPS) is 14.5. The van der Waals surface area contributed by atoms with Gasteiger partial charge in [-0.3, -0.25) is 19.3 Å². The number of hydrogen-bond acceptors (Lipinski definition) is 3. The van der Waals surface area contributed by atoms with E-state index in [2.05, 4.69) is 5.32 Å². The topological polar surface area (TPSA) is 66.5 Å². The van der Waals surface area contributed by atoms with E-state index >= 15 is 0 Å². The Hall–Kier alpha value is -3.02. The third-order valence-corrected chi connectivity index (χ3v) is 3.97. The highest BCUT2D eigenvalue weighted by Crippen LogP contribution is 2.24. The van der Waals surface area contributed by atoms with Crippen molar-refractivity contribution in [3.63, 3.8) is 0 Å². The predicted molar refractivity (Wildman–Crippen MR) is 84.7 cm³/mol. The molecule has 0 saturated heterocycles. The molecule has 1 aliphatic heterocycles. The zero-order valence-electron chi connectivity index (χ0n) is 13.0. The van der Waals surface area contributed by atoms with E-state index in [9.17, 15) is 18.8 Å². The molecule has 0 saturated carbocycles. The number of rotatable bonds is 4. The highest BCUT2D eigenvalue weighted by Gasteiger charge is 2.40. The fourth-order valence-electron chi connectivity index (χ4n) is 2.62. The smallest absolute Gasteiger partial charge is 0.262 e. The van der Waals surface area contributed by atoms with E-state index in [0.717, 1.165) is 10.5 Å². The van der Waals surface area contributed by atoms with Crippen LogP contribution in [0, 0.1) is 5.82 Å². The molecule has 3 amide bonds. The zero-order valence-corrected chi connectivity index (χ0v) is 13.0. The Kier molecular flexibility index (Phi) is 4.12. The monoisotopic (exact) mass is 326 g/mol. The number of nitrogens with one attached hydrogen (secondary N) is 1. The molecule has 2 aromatic carbocycles. The first-order valence-electron chi connectivity index (χ1n) is 7.48. The van der Waals surface area contributed by atoms with Gasteiger partial charge in [0.15, 0.2) is 0 Å². The van der Waals surface area contributed by atoms with Gasteiger partial charge in [0, 0.05) is 6.54 Å². The van der Waals surface area contributed by atoms with E-state index in [1.54, 1.807) is 36.4 Å². The van der Waals surface area contributed by atoms with Crippen LogP contribution < -0.4 is 5.32 Å². The highest BCUT2D eigenvalue weighted by molar-refractivity contribution is 6.22. The molecule has 1 N–H and O–H groups in total. The minimum absolute atomic E-state index is 0.187. The van der Waals surface area contributed by atoms with Gasteiger partial charge in [-0.25, -0.2) is 4.39 Å². The molecule has 5 nitrogen and oxygen atoms in total. The molecule has 6 heteroatoms. The van der Waals surface area contributed by atoms with Gasteiger partial charge < -0.3 is 5.32 Å². The number of carbonyl (C=O) groups is 3. The summed E-state index contributed by atoms with van der Waals surface area (Å²) in [5, 5.41) is 2.66. The lowest BCUT2D eigenvalue weighted by molar-refractivity contribution is -0.124. The van der Waals surface area contributed by atoms with E-state index < -0.39 is 23.8 Å². The molecule has 1 heterocycles. The molecule has 3 rings (SSSR count). The van der Waals surface area contributed by atoms with Gasteiger partial charge in [-0.2, -0.15) is 0 Å². The van der Waals surface area contributed by atoms with E-state index in [0.29, 0.717) is 11.1 Å². The largest absolute Gasteiger partial charge is 0.350 e. The van der Waals surface area contributed by atoms with Crippen LogP contribution in [-0.4, -0.2) is 28.7 Å². The van der Waals surface area contributed by atoms with Crippen molar-refractivity contribution in [1.29, 1.82) is 0 Å². The summed E-state index contributed by atoms with van der Waals surface area (Å²) in [4.78, 5) is 37.9. The number of carbonyl (C=O) groups excluding carboxylic acids is 3. The average Bonchev–Trinajstić information content (AvgIpc) is 2.85. The average molecular weight is 326 g/mol. The highest BCUT2D eigenvalue weighted by atomic mass is 19.1. The van der Waals surface area contributed by atoms with Crippen molar-refractivity contribution in [3.05, 3.63) is 71.0 Å². The maximum atomic E-state index is 12.9. The predicted octanol–water partition coefficient (Wildman–Crippen LogP) is 2.13. The van der Waals surface area contributed by atoms with Crippen molar-refractivity contribution in [2.24, 2.45) is 0 Å². The molecule has 0 aromatic heterocycles. The van der Waals surface area contributed by atoms with E-state index in [4.69, 9.17) is 0 Å². The van der Waals surface area contributed by atoms with Gasteiger partial charge in [0.1, 0.15) is 11.9 Å². The van der Waals surface area contributed by atoms with Crippen LogP contribution in [0.2, 0.25) is 0 Å². The molecule has 1 atom stereocenters. The maximum absolute atomic E-state index is 12.9. The lowest BCUT2D eigenvalue weighted by Crippen LogP contribution is -2.47. The lowest BCUT2D eigenvalue weighted by Gasteiger charge is -2.21. The summed E-state index contributed by atoms with van der Waals surface area (Å²) in [5.41, 5.74) is 1.33. The molecule has 1 aliphatic rings. The fraction of sp³-hybridized carbons (Fsp3) is 0.167. The third kappa shape index (κ3) is 2.78. The summed E-state index contributed by atoms with van der Waals surface area (Å²) < 4.78 is 12.9. The molecule has 0 bridgehead atoms. The lowest BCUT2D eigenvalue weighted by atomic mass is 10.1. The first-order valence-corrected chi connectivity index (χ1v) is 7.48. The molecule has 0 aliphatic carbocycles.